The highest BCUT2D eigenvalue weighted by Gasteiger charge is 2.40. The second kappa shape index (κ2) is 9.94. The first kappa shape index (κ1) is 23.3. The summed E-state index contributed by atoms with van der Waals surface area (Å²) in [5.41, 5.74) is 0.328. The van der Waals surface area contributed by atoms with Crippen molar-refractivity contribution in [2.45, 2.75) is 49.5 Å². The minimum atomic E-state index is -4.02. The van der Waals surface area contributed by atoms with Crippen molar-refractivity contribution in [3.8, 4) is 5.75 Å². The molecule has 2 amide bonds. The zero-order valence-electron chi connectivity index (χ0n) is 17.9. The van der Waals surface area contributed by atoms with Gasteiger partial charge in [0.2, 0.25) is 15.9 Å². The number of nitrogens with one attached hydrogen (secondary N) is 2. The monoisotopic (exact) mass is 484 g/mol. The molecule has 3 aliphatic rings. The van der Waals surface area contributed by atoms with Crippen molar-refractivity contribution in [3.05, 3.63) is 17.2 Å². The van der Waals surface area contributed by atoms with Crippen LogP contribution in [0.5, 0.6) is 5.75 Å². The van der Waals surface area contributed by atoms with Crippen molar-refractivity contribution < 1.29 is 22.7 Å². The van der Waals surface area contributed by atoms with Crippen LogP contribution in [0.15, 0.2) is 17.0 Å². The zero-order valence-corrected chi connectivity index (χ0v) is 19.5. The van der Waals surface area contributed by atoms with E-state index in [0.29, 0.717) is 25.1 Å². The molecule has 4 rings (SSSR count). The predicted octanol–water partition coefficient (Wildman–Crippen LogP) is 1.82. The molecule has 9 nitrogen and oxygen atoms in total. The number of nitrogens with zero attached hydrogens (tertiary/aromatic N) is 2. The molecule has 1 aromatic carbocycles. The van der Waals surface area contributed by atoms with E-state index in [2.05, 4.69) is 15.5 Å². The van der Waals surface area contributed by atoms with Gasteiger partial charge >= 0.3 is 0 Å². The molecule has 2 fully saturated rings. The van der Waals surface area contributed by atoms with Crippen LogP contribution in [0.1, 0.15) is 38.5 Å². The van der Waals surface area contributed by atoms with Crippen LogP contribution in [0.3, 0.4) is 0 Å². The zero-order chi connectivity index (χ0) is 22.7. The quantitative estimate of drug-likeness (QED) is 0.637. The van der Waals surface area contributed by atoms with Crippen LogP contribution in [-0.4, -0.2) is 74.8 Å². The molecule has 1 atom stereocenters. The van der Waals surface area contributed by atoms with E-state index in [9.17, 15) is 18.0 Å². The van der Waals surface area contributed by atoms with E-state index >= 15 is 0 Å². The topological polar surface area (TPSA) is 108 Å². The fourth-order valence-electron chi connectivity index (χ4n) is 4.51. The molecule has 0 aliphatic carbocycles. The predicted molar refractivity (Wildman–Crippen MR) is 120 cm³/mol. The summed E-state index contributed by atoms with van der Waals surface area (Å²) in [5.74, 6) is -0.371. The van der Waals surface area contributed by atoms with Gasteiger partial charge in [0.15, 0.2) is 6.61 Å². The summed E-state index contributed by atoms with van der Waals surface area (Å²) in [7, 11) is -4.02. The molecule has 0 bridgehead atoms. The number of sulfonamides is 1. The number of benzene rings is 1. The largest absolute Gasteiger partial charge is 0.482 e. The molecule has 0 radical (unpaired) electrons. The molecular formula is C21H29ClN4O5S. The minimum absolute atomic E-state index is 0.0261. The van der Waals surface area contributed by atoms with E-state index in [1.165, 1.54) is 42.1 Å². The van der Waals surface area contributed by atoms with Gasteiger partial charge in [-0.15, -0.1) is 0 Å². The second-order valence-corrected chi connectivity index (χ2v) is 10.7. The Bertz CT molecular complexity index is 979. The Kier molecular flexibility index (Phi) is 7.24. The van der Waals surface area contributed by atoms with Gasteiger partial charge < -0.3 is 20.3 Å². The normalized spacial score (nSPS) is 22.5. The Morgan fingerprint density at radius 1 is 1.16 bits per heavy atom. The molecule has 2 saturated heterocycles. The molecule has 2 N–H and O–H groups in total. The number of hydrogen-bond donors (Lipinski definition) is 2. The number of carbonyl (C=O) groups excluding carboxylic acids is 2. The Balaban J connectivity index is 1.44. The molecule has 3 heterocycles. The van der Waals surface area contributed by atoms with Crippen molar-refractivity contribution >= 4 is 39.1 Å². The Morgan fingerprint density at radius 3 is 2.66 bits per heavy atom. The maximum absolute atomic E-state index is 13.4. The van der Waals surface area contributed by atoms with Gasteiger partial charge in [-0.05, 0) is 44.8 Å². The Hall–Kier alpha value is -1.88. The molecule has 32 heavy (non-hydrogen) atoms. The van der Waals surface area contributed by atoms with Crippen molar-refractivity contribution in [1.29, 1.82) is 0 Å². The Morgan fingerprint density at radius 2 is 1.91 bits per heavy atom. The highest BCUT2D eigenvalue weighted by Crippen LogP contribution is 2.38. The average Bonchev–Trinajstić information content (AvgIpc) is 3.12. The molecule has 0 unspecified atom stereocenters. The highest BCUT2D eigenvalue weighted by atomic mass is 35.5. The molecule has 0 saturated carbocycles. The first-order valence-corrected chi connectivity index (χ1v) is 13.0. The number of amides is 2. The second-order valence-electron chi connectivity index (χ2n) is 8.44. The van der Waals surface area contributed by atoms with Crippen LogP contribution < -0.4 is 15.4 Å². The molecule has 3 aliphatic heterocycles. The van der Waals surface area contributed by atoms with Crippen molar-refractivity contribution in [2.24, 2.45) is 0 Å². The van der Waals surface area contributed by atoms with Crippen LogP contribution in [0.2, 0.25) is 5.02 Å². The number of carbonyl (C=O) groups is 2. The fourth-order valence-corrected chi connectivity index (χ4v) is 6.69. The minimum Gasteiger partial charge on any atom is -0.482 e. The first-order valence-electron chi connectivity index (χ1n) is 11.1. The first-order chi connectivity index (χ1) is 15.4. The number of fused-ring (bicyclic) bond motifs is 1. The number of ether oxygens (including phenoxy) is 1. The lowest BCUT2D eigenvalue weighted by atomic mass is 10.2. The van der Waals surface area contributed by atoms with Gasteiger partial charge in [0.1, 0.15) is 16.7 Å². The molecule has 11 heteroatoms. The van der Waals surface area contributed by atoms with Gasteiger partial charge in [0.05, 0.1) is 10.7 Å². The van der Waals surface area contributed by atoms with Crippen molar-refractivity contribution in [1.82, 2.24) is 14.5 Å². The molecule has 0 spiro atoms. The molecule has 176 valence electrons. The van der Waals surface area contributed by atoms with Gasteiger partial charge in [0, 0.05) is 25.7 Å². The third-order valence-corrected chi connectivity index (χ3v) is 8.56. The molecule has 0 aromatic heterocycles. The standard InChI is InChI=1S/C21H29ClN4O5S/c22-15-12-16-18(31-14-20(27)24-16)13-19(15)32(29,30)26-10-5-6-17(26)21(28)23-7-11-25-8-3-1-2-4-9-25/h12-13,17H,1-11,14H2,(H,23,28)(H,24,27)/t17-/m1/s1. The fraction of sp³-hybridized carbons (Fsp3) is 0.619. The van der Waals surface area contributed by atoms with E-state index < -0.39 is 16.1 Å². The number of hydrogen-bond acceptors (Lipinski definition) is 6. The summed E-state index contributed by atoms with van der Waals surface area (Å²) < 4.78 is 33.4. The lowest BCUT2D eigenvalue weighted by Gasteiger charge is -2.26. The van der Waals surface area contributed by atoms with E-state index in [-0.39, 0.29) is 40.6 Å². The number of rotatable bonds is 6. The van der Waals surface area contributed by atoms with Gasteiger partial charge in [-0.1, -0.05) is 24.4 Å². The smallest absolute Gasteiger partial charge is 0.262 e. The summed E-state index contributed by atoms with van der Waals surface area (Å²) in [5, 5.41) is 5.50. The maximum atomic E-state index is 13.4. The van der Waals surface area contributed by atoms with Gasteiger partial charge in [-0.3, -0.25) is 9.59 Å². The van der Waals surface area contributed by atoms with Crippen LogP contribution >= 0.6 is 11.6 Å². The number of anilines is 1. The van der Waals surface area contributed by atoms with Gasteiger partial charge in [-0.25, -0.2) is 8.42 Å². The van der Waals surface area contributed by atoms with Gasteiger partial charge in [-0.2, -0.15) is 4.31 Å². The summed E-state index contributed by atoms with van der Waals surface area (Å²) in [6, 6.07) is 1.92. The number of halogens is 1. The third kappa shape index (κ3) is 5.03. The number of likely N-dealkylation sites (tertiary alicyclic amines) is 1. The molecule has 1 aromatic rings. The lowest BCUT2D eigenvalue weighted by Crippen LogP contribution is -2.47. The van der Waals surface area contributed by atoms with Crippen LogP contribution in [-0.2, 0) is 19.6 Å². The van der Waals surface area contributed by atoms with Gasteiger partial charge in [0.25, 0.3) is 5.91 Å². The van der Waals surface area contributed by atoms with E-state index in [1.807, 2.05) is 0 Å². The molecular weight excluding hydrogens is 456 g/mol. The Labute approximate surface area is 193 Å². The SMILES string of the molecule is O=C1COc2cc(S(=O)(=O)N3CCC[C@@H]3C(=O)NCCN3CCCCCC3)c(Cl)cc2N1. The van der Waals surface area contributed by atoms with E-state index in [1.54, 1.807) is 0 Å². The van der Waals surface area contributed by atoms with Crippen LogP contribution in [0, 0.1) is 0 Å². The van der Waals surface area contributed by atoms with Crippen molar-refractivity contribution in [3.63, 3.8) is 0 Å². The highest BCUT2D eigenvalue weighted by molar-refractivity contribution is 7.89. The summed E-state index contributed by atoms with van der Waals surface area (Å²) in [6.45, 7) is 3.40. The summed E-state index contributed by atoms with van der Waals surface area (Å²) >= 11 is 6.26. The maximum Gasteiger partial charge on any atom is 0.262 e. The summed E-state index contributed by atoms with van der Waals surface area (Å²) in [4.78, 5) is 26.6. The lowest BCUT2D eigenvalue weighted by molar-refractivity contribution is -0.124. The third-order valence-electron chi connectivity index (χ3n) is 6.19. The van der Waals surface area contributed by atoms with E-state index in [0.717, 1.165) is 19.6 Å². The van der Waals surface area contributed by atoms with E-state index in [4.69, 9.17) is 16.3 Å². The van der Waals surface area contributed by atoms with Crippen molar-refractivity contribution in [2.75, 3.05) is 44.6 Å². The van der Waals surface area contributed by atoms with Crippen LogP contribution in [0.4, 0.5) is 5.69 Å². The summed E-state index contributed by atoms with van der Waals surface area (Å²) in [6.07, 6.45) is 5.92. The average molecular weight is 485 g/mol. The van der Waals surface area contributed by atoms with Crippen LogP contribution in [0.25, 0.3) is 0 Å².